The zero-order valence-electron chi connectivity index (χ0n) is 13.1. The molecule has 1 atom stereocenters. The Balaban J connectivity index is 1.92. The van der Waals surface area contributed by atoms with Crippen molar-refractivity contribution in [2.24, 2.45) is 0 Å². The Morgan fingerprint density at radius 3 is 2.55 bits per heavy atom. The van der Waals surface area contributed by atoms with E-state index in [4.69, 9.17) is 0 Å². The predicted octanol–water partition coefficient (Wildman–Crippen LogP) is 2.84. The number of rotatable bonds is 5. The maximum absolute atomic E-state index is 12.6. The number of aromatic nitrogens is 3. The lowest BCUT2D eigenvalue weighted by molar-refractivity contribution is -0.128. The van der Waals surface area contributed by atoms with E-state index in [1.165, 1.54) is 24.6 Å². The molecule has 1 aliphatic rings. The first-order valence-electron chi connectivity index (χ1n) is 7.42. The Bertz CT molecular complexity index is 664. The molecule has 1 heterocycles. The summed E-state index contributed by atoms with van der Waals surface area (Å²) >= 11 is 1.49. The summed E-state index contributed by atoms with van der Waals surface area (Å²) in [4.78, 5) is 14.2. The van der Waals surface area contributed by atoms with Crippen molar-refractivity contribution < 1.29 is 4.79 Å². The third-order valence-corrected chi connectivity index (χ3v) is 4.94. The van der Waals surface area contributed by atoms with Gasteiger partial charge >= 0.3 is 0 Å². The van der Waals surface area contributed by atoms with Gasteiger partial charge in [-0.1, -0.05) is 42.1 Å². The molecule has 0 spiro atoms. The van der Waals surface area contributed by atoms with Crippen LogP contribution in [0.15, 0.2) is 35.5 Å². The van der Waals surface area contributed by atoms with Gasteiger partial charge < -0.3 is 9.47 Å². The van der Waals surface area contributed by atoms with Gasteiger partial charge in [-0.05, 0) is 25.3 Å². The Hall–Kier alpha value is -1.82. The molecular formula is C16H20N4OS. The van der Waals surface area contributed by atoms with Gasteiger partial charge in [0, 0.05) is 20.1 Å². The first-order valence-corrected chi connectivity index (χ1v) is 8.30. The number of hydrogen-bond acceptors (Lipinski definition) is 4. The normalized spacial score (nSPS) is 15.6. The van der Waals surface area contributed by atoms with Crippen LogP contribution in [0.4, 0.5) is 0 Å². The van der Waals surface area contributed by atoms with E-state index in [1.807, 2.05) is 37.3 Å². The minimum atomic E-state index is -0.294. The molecule has 2 aromatic rings. The Kier molecular flexibility index (Phi) is 4.20. The second-order valence-corrected chi connectivity index (χ2v) is 6.84. The van der Waals surface area contributed by atoms with E-state index in [-0.39, 0.29) is 11.2 Å². The lowest BCUT2D eigenvalue weighted by atomic mass is 10.1. The second kappa shape index (κ2) is 6.12. The Morgan fingerprint density at radius 2 is 1.95 bits per heavy atom. The second-order valence-electron chi connectivity index (χ2n) is 5.77. The summed E-state index contributed by atoms with van der Waals surface area (Å²) in [6.07, 6.45) is 2.34. The highest BCUT2D eigenvalue weighted by Gasteiger charge is 2.31. The van der Waals surface area contributed by atoms with Crippen LogP contribution >= 0.6 is 11.8 Å². The molecular weight excluding hydrogens is 296 g/mol. The molecule has 116 valence electrons. The van der Waals surface area contributed by atoms with Crippen molar-refractivity contribution in [1.82, 2.24) is 19.7 Å². The summed E-state index contributed by atoms with van der Waals surface area (Å²) in [7, 11) is 3.57. The molecule has 0 bridgehead atoms. The first-order chi connectivity index (χ1) is 10.6. The maximum Gasteiger partial charge on any atom is 0.240 e. The standard InChI is InChI=1S/C16H20N4OS/c1-11-17-18-16(20(11)13-9-10-13)22-14(15(21)19(2)3)12-7-5-4-6-8-12/h4-8,13-14H,9-10H2,1-3H3/t14-/m1/s1. The van der Waals surface area contributed by atoms with Crippen molar-refractivity contribution in [1.29, 1.82) is 0 Å². The minimum Gasteiger partial charge on any atom is -0.348 e. The lowest BCUT2D eigenvalue weighted by Gasteiger charge is -2.20. The topological polar surface area (TPSA) is 51.0 Å². The van der Waals surface area contributed by atoms with E-state index in [1.54, 1.807) is 19.0 Å². The monoisotopic (exact) mass is 316 g/mol. The largest absolute Gasteiger partial charge is 0.348 e. The number of thioether (sulfide) groups is 1. The van der Waals surface area contributed by atoms with Crippen molar-refractivity contribution in [2.45, 2.75) is 36.2 Å². The summed E-state index contributed by atoms with van der Waals surface area (Å²) in [5, 5.41) is 9.03. The number of carbonyl (C=O) groups is 1. The van der Waals surface area contributed by atoms with E-state index in [0.29, 0.717) is 6.04 Å². The highest BCUT2D eigenvalue weighted by molar-refractivity contribution is 8.00. The van der Waals surface area contributed by atoms with Crippen LogP contribution in [0.25, 0.3) is 0 Å². The molecule has 1 amide bonds. The van der Waals surface area contributed by atoms with Crippen molar-refractivity contribution in [3.8, 4) is 0 Å². The molecule has 1 saturated carbocycles. The number of aryl methyl sites for hydroxylation is 1. The Labute approximate surface area is 134 Å². The van der Waals surface area contributed by atoms with Crippen LogP contribution in [-0.4, -0.2) is 39.7 Å². The van der Waals surface area contributed by atoms with Gasteiger partial charge in [0.25, 0.3) is 0 Å². The molecule has 0 aliphatic heterocycles. The average Bonchev–Trinajstić information content (AvgIpc) is 3.28. The van der Waals surface area contributed by atoms with Gasteiger partial charge in [0.2, 0.25) is 5.91 Å². The van der Waals surface area contributed by atoms with E-state index in [2.05, 4.69) is 14.8 Å². The number of carbonyl (C=O) groups excluding carboxylic acids is 1. The minimum absolute atomic E-state index is 0.0687. The maximum atomic E-state index is 12.6. The SMILES string of the molecule is Cc1nnc(S[C@@H](C(=O)N(C)C)c2ccccc2)n1C1CC1. The number of hydrogen-bond donors (Lipinski definition) is 0. The van der Waals surface area contributed by atoms with E-state index >= 15 is 0 Å². The molecule has 0 N–H and O–H groups in total. The lowest BCUT2D eigenvalue weighted by Crippen LogP contribution is -2.27. The van der Waals surface area contributed by atoms with E-state index in [9.17, 15) is 4.79 Å². The van der Waals surface area contributed by atoms with Gasteiger partial charge in [-0.2, -0.15) is 0 Å². The first kappa shape index (κ1) is 15.1. The van der Waals surface area contributed by atoms with Crippen LogP contribution in [0.1, 0.15) is 35.5 Å². The fourth-order valence-electron chi connectivity index (χ4n) is 2.41. The molecule has 22 heavy (non-hydrogen) atoms. The van der Waals surface area contributed by atoms with Crippen molar-refractivity contribution >= 4 is 17.7 Å². The summed E-state index contributed by atoms with van der Waals surface area (Å²) in [6, 6.07) is 10.4. The number of benzene rings is 1. The van der Waals surface area contributed by atoms with Crippen LogP contribution in [-0.2, 0) is 4.79 Å². The van der Waals surface area contributed by atoms with Gasteiger partial charge in [0.15, 0.2) is 5.16 Å². The molecule has 1 aliphatic carbocycles. The summed E-state index contributed by atoms with van der Waals surface area (Å²) in [5.74, 6) is 0.994. The van der Waals surface area contributed by atoms with Crippen LogP contribution in [0.3, 0.4) is 0 Å². The smallest absolute Gasteiger partial charge is 0.240 e. The van der Waals surface area contributed by atoms with Crippen molar-refractivity contribution in [3.05, 3.63) is 41.7 Å². The van der Waals surface area contributed by atoms with Crippen molar-refractivity contribution in [2.75, 3.05) is 14.1 Å². The van der Waals surface area contributed by atoms with Crippen LogP contribution in [0.2, 0.25) is 0 Å². The van der Waals surface area contributed by atoms with Crippen LogP contribution < -0.4 is 0 Å². The van der Waals surface area contributed by atoms with E-state index in [0.717, 1.165) is 16.5 Å². The molecule has 6 heteroatoms. The molecule has 0 saturated heterocycles. The fourth-order valence-corrected chi connectivity index (χ4v) is 3.71. The molecule has 1 aromatic carbocycles. The van der Waals surface area contributed by atoms with Gasteiger partial charge in [0.05, 0.1) is 0 Å². The highest BCUT2D eigenvalue weighted by atomic mass is 32.2. The number of likely N-dealkylation sites (N-methyl/N-ethyl adjacent to an activating group) is 1. The summed E-state index contributed by atoms with van der Waals surface area (Å²) in [6.45, 7) is 1.97. The third kappa shape index (κ3) is 3.02. The van der Waals surface area contributed by atoms with Crippen LogP contribution in [0.5, 0.6) is 0 Å². The summed E-state index contributed by atoms with van der Waals surface area (Å²) < 4.78 is 2.17. The fraction of sp³-hybridized carbons (Fsp3) is 0.438. The molecule has 3 rings (SSSR count). The van der Waals surface area contributed by atoms with Gasteiger partial charge in [0.1, 0.15) is 11.1 Å². The highest BCUT2D eigenvalue weighted by Crippen LogP contribution is 2.42. The molecule has 0 radical (unpaired) electrons. The molecule has 1 fully saturated rings. The van der Waals surface area contributed by atoms with Gasteiger partial charge in [-0.25, -0.2) is 0 Å². The summed E-state index contributed by atoms with van der Waals surface area (Å²) in [5.41, 5.74) is 0.995. The predicted molar refractivity (Wildman–Crippen MR) is 86.8 cm³/mol. The average molecular weight is 316 g/mol. The zero-order chi connectivity index (χ0) is 15.7. The van der Waals surface area contributed by atoms with Crippen molar-refractivity contribution in [3.63, 3.8) is 0 Å². The van der Waals surface area contributed by atoms with Gasteiger partial charge in [-0.3, -0.25) is 4.79 Å². The van der Waals surface area contributed by atoms with Gasteiger partial charge in [-0.15, -0.1) is 10.2 Å². The Morgan fingerprint density at radius 1 is 1.27 bits per heavy atom. The quantitative estimate of drug-likeness (QED) is 0.796. The molecule has 1 aromatic heterocycles. The third-order valence-electron chi connectivity index (χ3n) is 3.74. The number of amides is 1. The number of nitrogens with zero attached hydrogens (tertiary/aromatic N) is 4. The molecule has 5 nitrogen and oxygen atoms in total. The molecule has 0 unspecified atom stereocenters. The van der Waals surface area contributed by atoms with Crippen LogP contribution in [0, 0.1) is 6.92 Å². The zero-order valence-corrected chi connectivity index (χ0v) is 13.9. The van der Waals surface area contributed by atoms with E-state index < -0.39 is 0 Å².